The van der Waals surface area contributed by atoms with Crippen LogP contribution in [0.2, 0.25) is 0 Å². The van der Waals surface area contributed by atoms with Crippen LogP contribution in [0.25, 0.3) is 5.65 Å². The lowest BCUT2D eigenvalue weighted by Gasteiger charge is -2.18. The molecular formula is C24H23N3O3. The number of hydrogen-bond acceptors (Lipinski definition) is 5. The molecule has 0 aliphatic rings. The van der Waals surface area contributed by atoms with Gasteiger partial charge in [0.25, 0.3) is 0 Å². The predicted octanol–water partition coefficient (Wildman–Crippen LogP) is 4.00. The Kier molecular flexibility index (Phi) is 6.06. The molecule has 30 heavy (non-hydrogen) atoms. The number of hydrogen-bond donors (Lipinski definition) is 1. The second-order valence-electron chi connectivity index (χ2n) is 6.90. The van der Waals surface area contributed by atoms with Crippen LogP contribution in [-0.2, 0) is 22.5 Å². The Hall–Kier alpha value is -3.64. The average molecular weight is 401 g/mol. The van der Waals surface area contributed by atoms with Crippen LogP contribution in [0.5, 0.6) is 11.5 Å². The zero-order valence-electron chi connectivity index (χ0n) is 16.7. The minimum atomic E-state index is -0.485. The van der Waals surface area contributed by atoms with Gasteiger partial charge in [-0.1, -0.05) is 36.4 Å². The standard InChI is InChI=1S/C24H23N3O3/c1-29-24(28)22(26-17-19-8-6-12-23-25-13-14-27(19)23)16-18-7-5-11-21(15-18)30-20-9-3-2-4-10-20/h2-15,22,26H,16-17H2,1H3. The smallest absolute Gasteiger partial charge is 0.323 e. The molecule has 0 amide bonds. The fourth-order valence-corrected chi connectivity index (χ4v) is 3.36. The van der Waals surface area contributed by atoms with Crippen molar-refractivity contribution in [3.63, 3.8) is 0 Å². The number of carbonyl (C=O) groups excluding carboxylic acids is 1. The number of methoxy groups -OCH3 is 1. The third-order valence-corrected chi connectivity index (χ3v) is 4.85. The molecule has 4 aromatic rings. The van der Waals surface area contributed by atoms with Gasteiger partial charge >= 0.3 is 5.97 Å². The number of para-hydroxylation sites is 1. The number of aromatic nitrogens is 2. The molecule has 2 aromatic carbocycles. The third-order valence-electron chi connectivity index (χ3n) is 4.85. The molecule has 2 aromatic heterocycles. The van der Waals surface area contributed by atoms with E-state index in [2.05, 4.69) is 10.3 Å². The molecule has 6 heteroatoms. The molecule has 1 N–H and O–H groups in total. The summed E-state index contributed by atoms with van der Waals surface area (Å²) in [7, 11) is 1.41. The van der Waals surface area contributed by atoms with Gasteiger partial charge in [-0.05, 0) is 48.4 Å². The van der Waals surface area contributed by atoms with Crippen LogP contribution in [0.1, 0.15) is 11.3 Å². The molecule has 1 unspecified atom stereocenters. The molecule has 0 bridgehead atoms. The molecular weight excluding hydrogens is 378 g/mol. The van der Waals surface area contributed by atoms with Crippen molar-refractivity contribution < 1.29 is 14.3 Å². The van der Waals surface area contributed by atoms with Gasteiger partial charge in [-0.3, -0.25) is 10.1 Å². The maximum Gasteiger partial charge on any atom is 0.323 e. The van der Waals surface area contributed by atoms with Gasteiger partial charge in [0.15, 0.2) is 0 Å². The van der Waals surface area contributed by atoms with Crippen molar-refractivity contribution in [1.82, 2.24) is 14.7 Å². The van der Waals surface area contributed by atoms with Gasteiger partial charge in [0, 0.05) is 24.6 Å². The molecule has 0 saturated carbocycles. The van der Waals surface area contributed by atoms with Crippen molar-refractivity contribution in [2.75, 3.05) is 7.11 Å². The number of ether oxygens (including phenoxy) is 2. The second kappa shape index (κ2) is 9.24. The maximum absolute atomic E-state index is 12.4. The zero-order chi connectivity index (χ0) is 20.8. The van der Waals surface area contributed by atoms with E-state index in [9.17, 15) is 4.79 Å². The van der Waals surface area contributed by atoms with E-state index in [1.54, 1.807) is 6.20 Å². The summed E-state index contributed by atoms with van der Waals surface area (Å²) < 4.78 is 12.9. The Morgan fingerprint density at radius 1 is 1.03 bits per heavy atom. The maximum atomic E-state index is 12.4. The SMILES string of the molecule is COC(=O)C(Cc1cccc(Oc2ccccc2)c1)NCc1cccc2nccn12. The first kappa shape index (κ1) is 19.7. The lowest BCUT2D eigenvalue weighted by Crippen LogP contribution is -2.39. The van der Waals surface area contributed by atoms with Crippen molar-refractivity contribution >= 4 is 11.6 Å². The third kappa shape index (κ3) is 4.67. The minimum absolute atomic E-state index is 0.304. The molecule has 0 aliphatic heterocycles. The van der Waals surface area contributed by atoms with E-state index in [1.807, 2.05) is 83.4 Å². The number of benzene rings is 2. The number of carbonyl (C=O) groups is 1. The summed E-state index contributed by atoms with van der Waals surface area (Å²) in [6.45, 7) is 0.508. The molecule has 1 atom stereocenters. The van der Waals surface area contributed by atoms with Crippen LogP contribution in [0.15, 0.2) is 85.2 Å². The van der Waals surface area contributed by atoms with Crippen LogP contribution in [-0.4, -0.2) is 28.5 Å². The minimum Gasteiger partial charge on any atom is -0.468 e. The molecule has 0 saturated heterocycles. The quantitative estimate of drug-likeness (QED) is 0.452. The van der Waals surface area contributed by atoms with E-state index in [0.29, 0.717) is 13.0 Å². The van der Waals surface area contributed by atoms with E-state index in [4.69, 9.17) is 9.47 Å². The average Bonchev–Trinajstić information content (AvgIpc) is 3.26. The number of fused-ring (bicyclic) bond motifs is 1. The molecule has 0 radical (unpaired) electrons. The Labute approximate surface area is 175 Å². The first-order valence-electron chi connectivity index (χ1n) is 9.77. The summed E-state index contributed by atoms with van der Waals surface area (Å²) in [5.74, 6) is 1.19. The van der Waals surface area contributed by atoms with Gasteiger partial charge in [0.05, 0.1) is 7.11 Å². The van der Waals surface area contributed by atoms with Gasteiger partial charge in [0.2, 0.25) is 0 Å². The number of esters is 1. The van der Waals surface area contributed by atoms with Crippen LogP contribution in [0.3, 0.4) is 0 Å². The summed E-state index contributed by atoms with van der Waals surface area (Å²) in [6.07, 6.45) is 4.15. The van der Waals surface area contributed by atoms with Gasteiger partial charge in [0.1, 0.15) is 23.2 Å². The Bertz CT molecular complexity index is 1120. The topological polar surface area (TPSA) is 64.9 Å². The summed E-state index contributed by atoms with van der Waals surface area (Å²) in [4.78, 5) is 16.7. The van der Waals surface area contributed by atoms with Crippen molar-refractivity contribution in [1.29, 1.82) is 0 Å². The molecule has 0 fully saturated rings. The van der Waals surface area contributed by atoms with Gasteiger partial charge in [-0.15, -0.1) is 0 Å². The Morgan fingerprint density at radius 2 is 1.83 bits per heavy atom. The van der Waals surface area contributed by atoms with Gasteiger partial charge in [-0.25, -0.2) is 4.98 Å². The van der Waals surface area contributed by atoms with E-state index in [-0.39, 0.29) is 5.97 Å². The van der Waals surface area contributed by atoms with E-state index in [1.165, 1.54) is 7.11 Å². The summed E-state index contributed by atoms with van der Waals surface area (Å²) in [5, 5.41) is 3.32. The summed E-state index contributed by atoms with van der Waals surface area (Å²) in [6, 6.07) is 22.8. The monoisotopic (exact) mass is 401 g/mol. The molecule has 6 nitrogen and oxygen atoms in total. The van der Waals surface area contributed by atoms with Crippen molar-refractivity contribution in [2.24, 2.45) is 0 Å². The van der Waals surface area contributed by atoms with Crippen molar-refractivity contribution in [3.05, 3.63) is 96.4 Å². The van der Waals surface area contributed by atoms with Gasteiger partial charge in [-0.2, -0.15) is 0 Å². The predicted molar refractivity (Wildman–Crippen MR) is 114 cm³/mol. The lowest BCUT2D eigenvalue weighted by molar-refractivity contribution is -0.143. The highest BCUT2D eigenvalue weighted by atomic mass is 16.5. The van der Waals surface area contributed by atoms with Gasteiger partial charge < -0.3 is 13.9 Å². The van der Waals surface area contributed by atoms with Crippen LogP contribution < -0.4 is 10.1 Å². The number of imidazole rings is 1. The normalized spacial score (nSPS) is 11.9. The molecule has 152 valence electrons. The second-order valence-corrected chi connectivity index (χ2v) is 6.90. The molecule has 4 rings (SSSR count). The van der Waals surface area contributed by atoms with Crippen molar-refractivity contribution in [2.45, 2.75) is 19.0 Å². The fourth-order valence-electron chi connectivity index (χ4n) is 3.36. The first-order valence-corrected chi connectivity index (χ1v) is 9.77. The fraction of sp³-hybridized carbons (Fsp3) is 0.167. The number of nitrogens with one attached hydrogen (secondary N) is 1. The molecule has 2 heterocycles. The molecule has 0 aliphatic carbocycles. The summed E-state index contributed by atoms with van der Waals surface area (Å²) >= 11 is 0. The van der Waals surface area contributed by atoms with Crippen LogP contribution in [0.4, 0.5) is 0 Å². The first-order chi connectivity index (χ1) is 14.7. The van der Waals surface area contributed by atoms with Crippen LogP contribution >= 0.6 is 0 Å². The highest BCUT2D eigenvalue weighted by Gasteiger charge is 2.20. The summed E-state index contributed by atoms with van der Waals surface area (Å²) in [5.41, 5.74) is 2.86. The van der Waals surface area contributed by atoms with E-state index in [0.717, 1.165) is 28.4 Å². The largest absolute Gasteiger partial charge is 0.468 e. The zero-order valence-corrected chi connectivity index (χ0v) is 16.7. The number of nitrogens with zero attached hydrogens (tertiary/aromatic N) is 2. The lowest BCUT2D eigenvalue weighted by atomic mass is 10.1. The Balaban J connectivity index is 1.47. The van der Waals surface area contributed by atoms with E-state index < -0.39 is 6.04 Å². The highest BCUT2D eigenvalue weighted by Crippen LogP contribution is 2.22. The number of pyridine rings is 1. The molecule has 0 spiro atoms. The van der Waals surface area contributed by atoms with Crippen LogP contribution in [0, 0.1) is 0 Å². The Morgan fingerprint density at radius 3 is 2.67 bits per heavy atom. The highest BCUT2D eigenvalue weighted by molar-refractivity contribution is 5.76. The van der Waals surface area contributed by atoms with Crippen molar-refractivity contribution in [3.8, 4) is 11.5 Å². The van der Waals surface area contributed by atoms with E-state index >= 15 is 0 Å². The number of rotatable bonds is 8.